The number of ether oxygens (including phenoxy) is 4. The van der Waals surface area contributed by atoms with Crippen molar-refractivity contribution in [3.63, 3.8) is 0 Å². The zero-order valence-corrected chi connectivity index (χ0v) is 25.2. The summed E-state index contributed by atoms with van der Waals surface area (Å²) in [6.45, 7) is 4.32. The van der Waals surface area contributed by atoms with Crippen molar-refractivity contribution >= 4 is 28.2 Å². The molecular formula is C34H37NO9. The van der Waals surface area contributed by atoms with Gasteiger partial charge in [0.15, 0.2) is 0 Å². The van der Waals surface area contributed by atoms with Gasteiger partial charge < -0.3 is 39.3 Å². The molecule has 10 nitrogen and oxygen atoms in total. The van der Waals surface area contributed by atoms with E-state index in [9.17, 15) is 24.9 Å². The second kappa shape index (κ2) is 11.4. The molecule has 44 heavy (non-hydrogen) atoms. The molecule has 0 amide bonds. The van der Waals surface area contributed by atoms with Crippen molar-refractivity contribution in [3.05, 3.63) is 70.1 Å². The summed E-state index contributed by atoms with van der Waals surface area (Å²) in [5.41, 5.74) is 3.52. The first-order valence-corrected chi connectivity index (χ1v) is 14.9. The SMILES string of the molecule is CCOC(=O)C1=C/C(=C2\C[C@H](CO)C(=O)[C@@H](c3ccc4[nH]ccc4c3)C2)c2c(OC)c3c(c(CO)c2O1)O[C@H](C(C)(C)O)C3. The maximum absolute atomic E-state index is 13.7. The van der Waals surface area contributed by atoms with E-state index in [0.29, 0.717) is 46.6 Å². The van der Waals surface area contributed by atoms with E-state index in [0.717, 1.165) is 22.0 Å². The lowest BCUT2D eigenvalue weighted by atomic mass is 9.72. The number of allylic oxidation sites excluding steroid dienone is 3. The van der Waals surface area contributed by atoms with Crippen LogP contribution in [-0.2, 0) is 27.4 Å². The van der Waals surface area contributed by atoms with E-state index in [1.54, 1.807) is 26.8 Å². The van der Waals surface area contributed by atoms with Gasteiger partial charge in [-0.1, -0.05) is 11.6 Å². The van der Waals surface area contributed by atoms with Gasteiger partial charge in [0, 0.05) is 35.5 Å². The Balaban J connectivity index is 1.57. The van der Waals surface area contributed by atoms with E-state index in [2.05, 4.69) is 4.98 Å². The lowest BCUT2D eigenvalue weighted by Gasteiger charge is -2.33. The summed E-state index contributed by atoms with van der Waals surface area (Å²) >= 11 is 0. The molecule has 3 atom stereocenters. The van der Waals surface area contributed by atoms with Gasteiger partial charge in [-0.25, -0.2) is 4.79 Å². The Morgan fingerprint density at radius 1 is 1.14 bits per heavy atom. The van der Waals surface area contributed by atoms with Crippen LogP contribution in [0.1, 0.15) is 61.8 Å². The van der Waals surface area contributed by atoms with E-state index >= 15 is 0 Å². The van der Waals surface area contributed by atoms with Crippen molar-refractivity contribution in [1.29, 1.82) is 0 Å². The van der Waals surface area contributed by atoms with Gasteiger partial charge in [0.25, 0.3) is 0 Å². The molecule has 3 heterocycles. The van der Waals surface area contributed by atoms with Crippen LogP contribution in [0.5, 0.6) is 17.2 Å². The minimum atomic E-state index is -1.19. The zero-order chi connectivity index (χ0) is 31.3. The van der Waals surface area contributed by atoms with Gasteiger partial charge in [-0.2, -0.15) is 0 Å². The fourth-order valence-electron chi connectivity index (χ4n) is 6.59. The molecule has 0 spiro atoms. The van der Waals surface area contributed by atoms with Gasteiger partial charge in [-0.15, -0.1) is 0 Å². The average molecular weight is 604 g/mol. The van der Waals surface area contributed by atoms with E-state index < -0.39 is 36.1 Å². The Morgan fingerprint density at radius 2 is 1.93 bits per heavy atom. The van der Waals surface area contributed by atoms with Gasteiger partial charge in [-0.3, -0.25) is 4.79 Å². The highest BCUT2D eigenvalue weighted by molar-refractivity contribution is 5.99. The number of benzene rings is 2. The number of rotatable bonds is 7. The summed E-state index contributed by atoms with van der Waals surface area (Å²) in [6.07, 6.45) is 3.74. The molecule has 2 aliphatic heterocycles. The number of aliphatic hydroxyl groups excluding tert-OH is 2. The number of carbonyl (C=O) groups excluding carboxylic acids is 2. The number of ketones is 1. The van der Waals surface area contributed by atoms with E-state index in [4.69, 9.17) is 18.9 Å². The number of aromatic nitrogens is 1. The molecular weight excluding hydrogens is 566 g/mol. The largest absolute Gasteiger partial charge is 0.496 e. The summed E-state index contributed by atoms with van der Waals surface area (Å²) in [7, 11) is 1.52. The fraction of sp³-hybridized carbons (Fsp3) is 0.412. The third-order valence-electron chi connectivity index (χ3n) is 8.85. The predicted molar refractivity (Wildman–Crippen MR) is 161 cm³/mol. The Labute approximate surface area is 254 Å². The molecule has 2 aromatic carbocycles. The van der Waals surface area contributed by atoms with Crippen molar-refractivity contribution < 1.29 is 43.9 Å². The molecule has 1 fully saturated rings. The third-order valence-corrected chi connectivity index (χ3v) is 8.85. The molecule has 232 valence electrons. The highest BCUT2D eigenvalue weighted by Gasteiger charge is 2.43. The lowest BCUT2D eigenvalue weighted by molar-refractivity contribution is -0.141. The number of hydrogen-bond acceptors (Lipinski definition) is 9. The molecule has 0 saturated heterocycles. The van der Waals surface area contributed by atoms with Crippen LogP contribution >= 0.6 is 0 Å². The Morgan fingerprint density at radius 3 is 2.61 bits per heavy atom. The maximum atomic E-state index is 13.7. The number of methoxy groups -OCH3 is 1. The molecule has 10 heteroatoms. The lowest BCUT2D eigenvalue weighted by Crippen LogP contribution is -2.39. The summed E-state index contributed by atoms with van der Waals surface area (Å²) in [4.78, 5) is 29.9. The van der Waals surface area contributed by atoms with Crippen LogP contribution in [-0.4, -0.2) is 64.1 Å². The first kappa shape index (κ1) is 29.9. The van der Waals surface area contributed by atoms with Crippen LogP contribution in [0.3, 0.4) is 0 Å². The van der Waals surface area contributed by atoms with Crippen molar-refractivity contribution in [2.75, 3.05) is 20.3 Å². The molecule has 1 saturated carbocycles. The molecule has 0 radical (unpaired) electrons. The summed E-state index contributed by atoms with van der Waals surface area (Å²) < 4.78 is 23.6. The number of fused-ring (bicyclic) bond motifs is 3. The maximum Gasteiger partial charge on any atom is 0.374 e. The van der Waals surface area contributed by atoms with Crippen molar-refractivity contribution in [1.82, 2.24) is 4.98 Å². The van der Waals surface area contributed by atoms with E-state index in [1.165, 1.54) is 7.11 Å². The van der Waals surface area contributed by atoms with Crippen molar-refractivity contribution in [2.24, 2.45) is 5.92 Å². The highest BCUT2D eigenvalue weighted by atomic mass is 16.6. The van der Waals surface area contributed by atoms with Crippen LogP contribution in [0.2, 0.25) is 0 Å². The number of H-pyrrole nitrogens is 1. The second-order valence-corrected chi connectivity index (χ2v) is 12.1. The van der Waals surface area contributed by atoms with Gasteiger partial charge >= 0.3 is 5.97 Å². The number of aromatic amines is 1. The number of aliphatic hydroxyl groups is 3. The van der Waals surface area contributed by atoms with Crippen LogP contribution in [0, 0.1) is 5.92 Å². The standard InChI is InChI=1S/C34H37NO9/c1-5-42-33(39)26-13-21(19-11-20(15-36)29(38)22(12-19)17-6-7-25-18(10-17)8-9-35-25)28-31(41-4)23-14-27(34(2,3)40)44-30(23)24(16-37)32(28)43-26/h6-10,13,20,22,27,35-37,40H,5,11-12,14-16H2,1-4H3/b21-19-/t20-,22-,27+/m1/s1. The van der Waals surface area contributed by atoms with E-state index in [-0.39, 0.29) is 36.9 Å². The second-order valence-electron chi connectivity index (χ2n) is 12.1. The minimum Gasteiger partial charge on any atom is -0.496 e. The van der Waals surface area contributed by atoms with Crippen molar-refractivity contribution in [3.8, 4) is 17.2 Å². The van der Waals surface area contributed by atoms with Gasteiger partial charge in [0.05, 0.1) is 43.7 Å². The van der Waals surface area contributed by atoms with Crippen LogP contribution in [0.25, 0.3) is 16.5 Å². The summed E-state index contributed by atoms with van der Waals surface area (Å²) in [6, 6.07) is 7.80. The molecule has 1 aromatic heterocycles. The summed E-state index contributed by atoms with van der Waals surface area (Å²) in [5.74, 6) is -1.05. The predicted octanol–water partition coefficient (Wildman–Crippen LogP) is 4.09. The normalized spacial score (nSPS) is 23.0. The number of nitrogens with one attached hydrogen (secondary N) is 1. The Hall–Kier alpha value is -4.12. The summed E-state index contributed by atoms with van der Waals surface area (Å²) in [5, 5.41) is 32.7. The minimum absolute atomic E-state index is 0.0491. The van der Waals surface area contributed by atoms with Gasteiger partial charge in [-0.05, 0) is 74.4 Å². The first-order chi connectivity index (χ1) is 21.1. The molecule has 1 aliphatic carbocycles. The average Bonchev–Trinajstić information content (AvgIpc) is 3.67. The third kappa shape index (κ3) is 4.96. The molecule has 4 N–H and O–H groups in total. The van der Waals surface area contributed by atoms with Crippen molar-refractivity contribution in [2.45, 2.75) is 64.3 Å². The van der Waals surface area contributed by atoms with Gasteiger partial charge in [0.1, 0.15) is 29.1 Å². The molecule has 6 rings (SSSR count). The van der Waals surface area contributed by atoms with Crippen LogP contribution < -0.4 is 14.2 Å². The highest BCUT2D eigenvalue weighted by Crippen LogP contribution is 2.55. The Kier molecular flexibility index (Phi) is 7.77. The van der Waals surface area contributed by atoms with Crippen LogP contribution in [0.4, 0.5) is 0 Å². The number of hydrogen-bond donors (Lipinski definition) is 4. The Bertz CT molecular complexity index is 1710. The zero-order valence-electron chi connectivity index (χ0n) is 25.2. The topological polar surface area (TPSA) is 148 Å². The number of esters is 1. The quantitative estimate of drug-likeness (QED) is 0.293. The number of carbonyl (C=O) groups is 2. The molecule has 0 unspecified atom stereocenters. The monoisotopic (exact) mass is 603 g/mol. The van der Waals surface area contributed by atoms with Gasteiger partial charge in [0.2, 0.25) is 5.76 Å². The number of Topliss-reactive ketones (excluding diaryl/α,β-unsaturated/α-hetero) is 1. The first-order valence-electron chi connectivity index (χ1n) is 14.9. The fourth-order valence-corrected chi connectivity index (χ4v) is 6.59. The molecule has 0 bridgehead atoms. The smallest absolute Gasteiger partial charge is 0.374 e. The van der Waals surface area contributed by atoms with Crippen LogP contribution in [0.15, 0.2) is 47.9 Å². The van der Waals surface area contributed by atoms with E-state index in [1.807, 2.05) is 30.5 Å². The molecule has 3 aliphatic rings. The molecule has 3 aromatic rings.